The van der Waals surface area contributed by atoms with Gasteiger partial charge in [-0.05, 0) is 0 Å². The summed E-state index contributed by atoms with van der Waals surface area (Å²) in [7, 11) is 0. The third-order valence-corrected chi connectivity index (χ3v) is 2.76. The minimum absolute atomic E-state index is 0.0605. The molecule has 0 amide bonds. The molecule has 0 unspecified atom stereocenters. The Hall–Kier alpha value is -0.900. The molecule has 0 aromatic carbocycles. The van der Waals surface area contributed by atoms with Crippen LogP contribution >= 0.6 is 11.8 Å². The third kappa shape index (κ3) is 1.22. The predicted octanol–water partition coefficient (Wildman–Crippen LogP) is 1.43. The maximum absolute atomic E-state index is 10.9. The lowest BCUT2D eigenvalue weighted by atomic mass is 10.2. The van der Waals surface area contributed by atoms with E-state index < -0.39 is 0 Å². The molecule has 2 heterocycles. The Bertz CT molecular complexity index is 338. The van der Waals surface area contributed by atoms with Crippen LogP contribution in [0.3, 0.4) is 0 Å². The number of hydrogen-bond acceptors (Lipinski definition) is 4. The van der Waals surface area contributed by atoms with Gasteiger partial charge in [0.1, 0.15) is 0 Å². The lowest BCUT2D eigenvalue weighted by Crippen LogP contribution is -2.03. The zero-order valence-electron chi connectivity index (χ0n) is 6.70. The van der Waals surface area contributed by atoms with E-state index in [2.05, 4.69) is 9.97 Å². The number of fused-ring (bicyclic) bond motifs is 1. The first-order valence-electron chi connectivity index (χ1n) is 3.71. The lowest BCUT2D eigenvalue weighted by molar-refractivity contribution is 0.100. The Kier molecular flexibility index (Phi) is 1.84. The van der Waals surface area contributed by atoms with Crippen LogP contribution in [0.1, 0.15) is 28.8 Å². The van der Waals surface area contributed by atoms with Crippen molar-refractivity contribution in [3.8, 4) is 0 Å². The van der Waals surface area contributed by atoms with Gasteiger partial charge in [0.25, 0.3) is 0 Å². The first kappa shape index (κ1) is 7.73. The highest BCUT2D eigenvalue weighted by Crippen LogP contribution is 2.27. The largest absolute Gasteiger partial charge is 0.291 e. The van der Waals surface area contributed by atoms with Crippen molar-refractivity contribution in [3.63, 3.8) is 0 Å². The van der Waals surface area contributed by atoms with Gasteiger partial charge in [0.05, 0.1) is 5.69 Å². The van der Waals surface area contributed by atoms with E-state index in [1.54, 1.807) is 6.20 Å². The van der Waals surface area contributed by atoms with Crippen LogP contribution in [0.2, 0.25) is 0 Å². The fourth-order valence-electron chi connectivity index (χ4n) is 1.11. The number of nitrogens with zero attached hydrogens (tertiary/aromatic N) is 2. The summed E-state index contributed by atoms with van der Waals surface area (Å²) in [6.07, 6.45) is 1.76. The summed E-state index contributed by atoms with van der Waals surface area (Å²) in [5.74, 6) is 2.18. The van der Waals surface area contributed by atoms with Crippen molar-refractivity contribution in [2.75, 3.05) is 0 Å². The molecule has 0 radical (unpaired) electrons. The Labute approximate surface area is 74.6 Å². The Balaban J connectivity index is 2.45. The number of thioether (sulfide) groups is 1. The Morgan fingerprint density at radius 2 is 2.42 bits per heavy atom. The SMILES string of the molecule is CC(=O)c1ncc2c(n1)CSC2. The molecule has 1 aromatic rings. The Morgan fingerprint density at radius 1 is 1.58 bits per heavy atom. The van der Waals surface area contributed by atoms with E-state index in [0.717, 1.165) is 17.2 Å². The van der Waals surface area contributed by atoms with Gasteiger partial charge in [-0.25, -0.2) is 9.97 Å². The highest BCUT2D eigenvalue weighted by molar-refractivity contribution is 7.98. The van der Waals surface area contributed by atoms with Crippen molar-refractivity contribution in [2.24, 2.45) is 0 Å². The van der Waals surface area contributed by atoms with E-state index in [0.29, 0.717) is 5.82 Å². The summed E-state index contributed by atoms with van der Waals surface area (Å²) in [6, 6.07) is 0. The number of rotatable bonds is 1. The van der Waals surface area contributed by atoms with Crippen LogP contribution in [0, 0.1) is 0 Å². The normalized spacial score (nSPS) is 14.4. The standard InChI is InChI=1S/C8H8N2OS/c1-5(11)8-9-2-6-3-12-4-7(6)10-8/h2H,3-4H2,1H3. The van der Waals surface area contributed by atoms with Gasteiger partial charge in [0, 0.05) is 30.2 Å². The molecule has 0 saturated heterocycles. The highest BCUT2D eigenvalue weighted by atomic mass is 32.2. The van der Waals surface area contributed by atoms with Crippen molar-refractivity contribution in [1.82, 2.24) is 9.97 Å². The van der Waals surface area contributed by atoms with Crippen LogP contribution in [-0.2, 0) is 11.5 Å². The summed E-state index contributed by atoms with van der Waals surface area (Å²) in [6.45, 7) is 1.49. The monoisotopic (exact) mass is 180 g/mol. The van der Waals surface area contributed by atoms with E-state index in [1.165, 1.54) is 12.5 Å². The molecule has 2 rings (SSSR count). The minimum atomic E-state index is -0.0605. The molecule has 1 aliphatic rings. The second-order valence-electron chi connectivity index (χ2n) is 2.71. The van der Waals surface area contributed by atoms with Crippen LogP contribution in [0.15, 0.2) is 6.20 Å². The van der Waals surface area contributed by atoms with Gasteiger partial charge >= 0.3 is 0 Å². The molecule has 62 valence electrons. The average molecular weight is 180 g/mol. The molecular formula is C8H8N2OS. The van der Waals surface area contributed by atoms with E-state index in [9.17, 15) is 4.79 Å². The Morgan fingerprint density at radius 3 is 3.17 bits per heavy atom. The number of carbonyl (C=O) groups excluding carboxylic acids is 1. The summed E-state index contributed by atoms with van der Waals surface area (Å²) in [5.41, 5.74) is 2.20. The summed E-state index contributed by atoms with van der Waals surface area (Å²) < 4.78 is 0. The van der Waals surface area contributed by atoms with Crippen LogP contribution in [0.4, 0.5) is 0 Å². The second kappa shape index (κ2) is 2.86. The zero-order valence-corrected chi connectivity index (χ0v) is 7.52. The molecule has 0 aliphatic carbocycles. The van der Waals surface area contributed by atoms with Crippen molar-refractivity contribution in [1.29, 1.82) is 0 Å². The van der Waals surface area contributed by atoms with Crippen molar-refractivity contribution < 1.29 is 4.79 Å². The molecule has 1 aliphatic heterocycles. The number of ketones is 1. The van der Waals surface area contributed by atoms with Gasteiger partial charge in [-0.2, -0.15) is 11.8 Å². The molecule has 0 spiro atoms. The van der Waals surface area contributed by atoms with Crippen LogP contribution < -0.4 is 0 Å². The first-order valence-corrected chi connectivity index (χ1v) is 4.86. The van der Waals surface area contributed by atoms with E-state index in [-0.39, 0.29) is 5.78 Å². The van der Waals surface area contributed by atoms with E-state index >= 15 is 0 Å². The van der Waals surface area contributed by atoms with Gasteiger partial charge in [-0.3, -0.25) is 4.79 Å². The first-order chi connectivity index (χ1) is 5.77. The fourth-order valence-corrected chi connectivity index (χ4v) is 2.12. The van der Waals surface area contributed by atoms with Gasteiger partial charge in [0.2, 0.25) is 0 Å². The van der Waals surface area contributed by atoms with Gasteiger partial charge in [0.15, 0.2) is 11.6 Å². The van der Waals surface area contributed by atoms with Crippen LogP contribution in [-0.4, -0.2) is 15.8 Å². The van der Waals surface area contributed by atoms with Crippen LogP contribution in [0.25, 0.3) is 0 Å². The molecule has 0 atom stereocenters. The molecule has 12 heavy (non-hydrogen) atoms. The van der Waals surface area contributed by atoms with E-state index in [1.807, 2.05) is 11.8 Å². The molecule has 0 N–H and O–H groups in total. The fraction of sp³-hybridized carbons (Fsp3) is 0.375. The smallest absolute Gasteiger partial charge is 0.196 e. The number of aromatic nitrogens is 2. The number of Topliss-reactive ketones (excluding diaryl/α,β-unsaturated/α-hetero) is 1. The van der Waals surface area contributed by atoms with Gasteiger partial charge in [-0.1, -0.05) is 0 Å². The van der Waals surface area contributed by atoms with Gasteiger partial charge in [-0.15, -0.1) is 0 Å². The van der Waals surface area contributed by atoms with Crippen molar-refractivity contribution >= 4 is 17.5 Å². The number of hydrogen-bond donors (Lipinski definition) is 0. The maximum atomic E-state index is 10.9. The predicted molar refractivity (Wildman–Crippen MR) is 47.0 cm³/mol. The molecule has 4 heteroatoms. The molecule has 0 fully saturated rings. The average Bonchev–Trinajstić information content (AvgIpc) is 2.49. The van der Waals surface area contributed by atoms with Crippen molar-refractivity contribution in [2.45, 2.75) is 18.4 Å². The summed E-state index contributed by atoms with van der Waals surface area (Å²) in [5, 5.41) is 0. The lowest BCUT2D eigenvalue weighted by Gasteiger charge is -1.97. The van der Waals surface area contributed by atoms with Gasteiger partial charge < -0.3 is 0 Å². The summed E-state index contributed by atoms with van der Waals surface area (Å²) in [4.78, 5) is 19.1. The third-order valence-electron chi connectivity index (χ3n) is 1.77. The highest BCUT2D eigenvalue weighted by Gasteiger charge is 2.14. The maximum Gasteiger partial charge on any atom is 0.196 e. The number of carbonyl (C=O) groups is 1. The van der Waals surface area contributed by atoms with Crippen LogP contribution in [0.5, 0.6) is 0 Å². The molecule has 3 nitrogen and oxygen atoms in total. The molecule has 0 bridgehead atoms. The minimum Gasteiger partial charge on any atom is -0.291 e. The summed E-state index contributed by atoms with van der Waals surface area (Å²) >= 11 is 1.81. The molecule has 1 aromatic heterocycles. The second-order valence-corrected chi connectivity index (χ2v) is 3.70. The quantitative estimate of drug-likeness (QED) is 0.613. The zero-order chi connectivity index (χ0) is 8.55. The van der Waals surface area contributed by atoms with Crippen molar-refractivity contribution in [3.05, 3.63) is 23.3 Å². The van der Waals surface area contributed by atoms with E-state index in [4.69, 9.17) is 0 Å². The topological polar surface area (TPSA) is 42.9 Å². The molecular weight excluding hydrogens is 172 g/mol. The molecule has 0 saturated carbocycles.